The number of hydrogen-bond donors (Lipinski definition) is 0. The van der Waals surface area contributed by atoms with E-state index in [4.69, 9.17) is 9.47 Å². The minimum atomic E-state index is -0.499. The molecule has 9 aromatic rings. The van der Waals surface area contributed by atoms with Crippen LogP contribution in [0.5, 0.6) is 0 Å². The number of rotatable bonds is 16. The van der Waals surface area contributed by atoms with Crippen LogP contribution in [0.1, 0.15) is 52.7 Å². The molecule has 0 radical (unpaired) electrons. The van der Waals surface area contributed by atoms with E-state index in [2.05, 4.69) is 150 Å². The van der Waals surface area contributed by atoms with Gasteiger partial charge in [0.1, 0.15) is 31.4 Å². The quantitative estimate of drug-likeness (QED) is 0.0425. The first kappa shape index (κ1) is 38.6. The van der Waals surface area contributed by atoms with Gasteiger partial charge in [-0.05, 0) is 98.2 Å². The van der Waals surface area contributed by atoms with E-state index < -0.39 is 5.97 Å². The molecule has 0 atom stereocenters. The SMILES string of the molecule is COC(=O)c1cc(-n2c3ccccc3c3cc(CCCCn4cc[n+](C)c4)ccc32)c(-n2c3ccccc3c3cc(CCCCn4cc[n+](C)c4)ccc32)cc1COC=O. The first-order valence-electron chi connectivity index (χ1n) is 20.8. The van der Waals surface area contributed by atoms with Crippen molar-refractivity contribution in [3.63, 3.8) is 0 Å². The smallest absolute Gasteiger partial charge is 0.338 e. The van der Waals surface area contributed by atoms with Gasteiger partial charge < -0.3 is 18.6 Å². The highest BCUT2D eigenvalue weighted by molar-refractivity contribution is 6.12. The van der Waals surface area contributed by atoms with Gasteiger partial charge in [0.15, 0.2) is 0 Å². The van der Waals surface area contributed by atoms with Gasteiger partial charge >= 0.3 is 5.97 Å². The lowest BCUT2D eigenvalue weighted by molar-refractivity contribution is -0.671. The Morgan fingerprint density at radius 1 is 0.617 bits per heavy atom. The monoisotopic (exact) mass is 798 g/mol. The Bertz CT molecular complexity index is 3020. The maximum atomic E-state index is 13.6. The molecule has 302 valence electrons. The van der Waals surface area contributed by atoms with Crippen LogP contribution in [0.3, 0.4) is 0 Å². The number of imidazole rings is 2. The average Bonchev–Trinajstić information content (AvgIpc) is 4.05. The van der Waals surface area contributed by atoms with Gasteiger partial charge in [-0.15, -0.1) is 0 Å². The van der Waals surface area contributed by atoms with Crippen LogP contribution in [-0.2, 0) is 60.9 Å². The third-order valence-electron chi connectivity index (χ3n) is 11.8. The number of aryl methyl sites for hydroxylation is 6. The molecular weight excluding hydrogens is 749 g/mol. The van der Waals surface area contributed by atoms with Gasteiger partial charge in [-0.25, -0.2) is 23.1 Å². The minimum Gasteiger partial charge on any atom is -0.465 e. The Morgan fingerprint density at radius 2 is 1.12 bits per heavy atom. The van der Waals surface area contributed by atoms with Gasteiger partial charge in [0.05, 0.1) is 73.3 Å². The second kappa shape index (κ2) is 16.7. The Balaban J connectivity index is 1.17. The summed E-state index contributed by atoms with van der Waals surface area (Å²) in [7, 11) is 5.48. The summed E-state index contributed by atoms with van der Waals surface area (Å²) in [5.74, 6) is -0.499. The van der Waals surface area contributed by atoms with Gasteiger partial charge in [-0.2, -0.15) is 0 Å². The molecule has 0 bridgehead atoms. The van der Waals surface area contributed by atoms with E-state index in [0.717, 1.165) is 107 Å². The maximum absolute atomic E-state index is 13.6. The van der Waals surface area contributed by atoms with Crippen molar-refractivity contribution in [3.05, 3.63) is 157 Å². The Hall–Kier alpha value is -6.94. The fourth-order valence-electron chi connectivity index (χ4n) is 8.91. The molecule has 4 aromatic heterocycles. The van der Waals surface area contributed by atoms with Crippen molar-refractivity contribution in [2.75, 3.05) is 7.11 Å². The summed E-state index contributed by atoms with van der Waals surface area (Å²) in [6.07, 6.45) is 18.9. The largest absolute Gasteiger partial charge is 0.465 e. The molecule has 0 aliphatic rings. The standard InChI is InChI=1S/C50H50N6O4/c1-51-24-26-53(33-51)22-10-8-12-36-18-20-46-42(28-36)39-14-4-6-16-44(39)55(46)48-30-38(32-60-35-57)41(50(58)59-3)31-49(48)56-45-17-7-5-15-40(45)43-29-37(19-21-47(43)56)13-9-11-23-54-27-25-52(2)34-54/h4-7,14-21,24-31,33-35H,8-13,22-23,32H2,1-3H3/q+2. The van der Waals surface area contributed by atoms with E-state index in [1.54, 1.807) is 0 Å². The van der Waals surface area contributed by atoms with E-state index in [9.17, 15) is 9.59 Å². The predicted octanol–water partition coefficient (Wildman–Crippen LogP) is 8.64. The van der Waals surface area contributed by atoms with Crippen molar-refractivity contribution in [1.29, 1.82) is 0 Å². The highest BCUT2D eigenvalue weighted by Crippen LogP contribution is 2.40. The fraction of sp³-hybridized carbons (Fsp3) is 0.240. The van der Waals surface area contributed by atoms with Crippen LogP contribution in [0, 0.1) is 0 Å². The number of benzene rings is 5. The van der Waals surface area contributed by atoms with E-state index in [1.165, 1.54) is 18.2 Å². The molecule has 0 unspecified atom stereocenters. The van der Waals surface area contributed by atoms with E-state index >= 15 is 0 Å². The number of ether oxygens (including phenoxy) is 2. The zero-order chi connectivity index (χ0) is 41.2. The molecule has 0 amide bonds. The number of para-hydroxylation sites is 2. The molecule has 0 saturated carbocycles. The fourth-order valence-corrected chi connectivity index (χ4v) is 8.91. The average molecular weight is 799 g/mol. The summed E-state index contributed by atoms with van der Waals surface area (Å²) in [6.45, 7) is 2.31. The van der Waals surface area contributed by atoms with E-state index in [-0.39, 0.29) is 6.61 Å². The lowest BCUT2D eigenvalue weighted by atomic mass is 10.0. The zero-order valence-electron chi connectivity index (χ0n) is 34.5. The molecule has 0 fully saturated rings. The summed E-state index contributed by atoms with van der Waals surface area (Å²) in [5, 5.41) is 4.58. The van der Waals surface area contributed by atoms with E-state index in [0.29, 0.717) is 17.6 Å². The van der Waals surface area contributed by atoms with Crippen molar-refractivity contribution in [2.45, 2.75) is 58.2 Å². The molecule has 9 rings (SSSR count). The third-order valence-corrected chi connectivity index (χ3v) is 11.8. The number of carbonyl (C=O) groups is 2. The molecule has 60 heavy (non-hydrogen) atoms. The molecule has 0 N–H and O–H groups in total. The number of carbonyl (C=O) groups excluding carboxylic acids is 2. The van der Waals surface area contributed by atoms with Gasteiger partial charge in [0, 0.05) is 27.1 Å². The van der Waals surface area contributed by atoms with Crippen molar-refractivity contribution < 1.29 is 28.2 Å². The molecule has 0 saturated heterocycles. The second-order valence-electron chi connectivity index (χ2n) is 15.9. The van der Waals surface area contributed by atoms with Crippen molar-refractivity contribution in [3.8, 4) is 11.4 Å². The number of esters is 1. The van der Waals surface area contributed by atoms with E-state index in [1.807, 2.05) is 26.2 Å². The summed E-state index contributed by atoms with van der Waals surface area (Å²) in [4.78, 5) is 25.1. The predicted molar refractivity (Wildman–Crippen MR) is 234 cm³/mol. The van der Waals surface area contributed by atoms with Crippen LogP contribution in [0.15, 0.2) is 135 Å². The normalized spacial score (nSPS) is 11.7. The Labute approximate surface area is 349 Å². The van der Waals surface area contributed by atoms with Crippen LogP contribution in [0.2, 0.25) is 0 Å². The van der Waals surface area contributed by atoms with Crippen molar-refractivity contribution >= 4 is 56.1 Å². The summed E-state index contributed by atoms with van der Waals surface area (Å²) >= 11 is 0. The molecular formula is C50H50N6O4+2. The second-order valence-corrected chi connectivity index (χ2v) is 15.9. The number of fused-ring (bicyclic) bond motifs is 6. The number of methoxy groups -OCH3 is 1. The third kappa shape index (κ3) is 7.45. The molecule has 0 aliphatic carbocycles. The van der Waals surface area contributed by atoms with Crippen LogP contribution in [0.25, 0.3) is 55.0 Å². The van der Waals surface area contributed by atoms with Gasteiger partial charge in [0.25, 0.3) is 6.47 Å². The molecule has 0 spiro atoms. The first-order valence-corrected chi connectivity index (χ1v) is 20.8. The molecule has 10 nitrogen and oxygen atoms in total. The van der Waals surface area contributed by atoms with Crippen LogP contribution < -0.4 is 9.13 Å². The maximum Gasteiger partial charge on any atom is 0.338 e. The highest BCUT2D eigenvalue weighted by atomic mass is 16.5. The summed E-state index contributed by atoms with van der Waals surface area (Å²) in [5.41, 5.74) is 9.30. The summed E-state index contributed by atoms with van der Waals surface area (Å²) in [6, 6.07) is 34.5. The van der Waals surface area contributed by atoms with Gasteiger partial charge in [-0.1, -0.05) is 48.5 Å². The number of hydrogen-bond acceptors (Lipinski definition) is 4. The lowest BCUT2D eigenvalue weighted by Crippen LogP contribution is -2.23. The van der Waals surface area contributed by atoms with Crippen LogP contribution >= 0.6 is 0 Å². The van der Waals surface area contributed by atoms with Crippen LogP contribution in [-0.4, -0.2) is 37.8 Å². The zero-order valence-corrected chi connectivity index (χ0v) is 34.5. The topological polar surface area (TPSA) is 80.1 Å². The van der Waals surface area contributed by atoms with Gasteiger partial charge in [0.2, 0.25) is 12.7 Å². The molecule has 10 heteroatoms. The molecule has 0 aliphatic heterocycles. The molecule has 5 aromatic carbocycles. The number of aromatic nitrogens is 6. The minimum absolute atomic E-state index is 0.0803. The lowest BCUT2D eigenvalue weighted by Gasteiger charge is -2.20. The van der Waals surface area contributed by atoms with Crippen molar-refractivity contribution in [2.24, 2.45) is 14.1 Å². The number of unbranched alkanes of at least 4 members (excludes halogenated alkanes) is 2. The van der Waals surface area contributed by atoms with Crippen LogP contribution in [0.4, 0.5) is 0 Å². The van der Waals surface area contributed by atoms with Gasteiger partial charge in [-0.3, -0.25) is 4.79 Å². The highest BCUT2D eigenvalue weighted by Gasteiger charge is 2.24. The Morgan fingerprint density at radius 3 is 1.60 bits per heavy atom. The number of nitrogens with zero attached hydrogens (tertiary/aromatic N) is 6. The Kier molecular flexibility index (Phi) is 10.8. The molecule has 4 heterocycles. The summed E-state index contributed by atoms with van der Waals surface area (Å²) < 4.78 is 23.9. The van der Waals surface area contributed by atoms with Crippen molar-refractivity contribution in [1.82, 2.24) is 18.3 Å². The first-order chi connectivity index (χ1) is 29.4.